The number of rotatable bonds is 8. The molecule has 20 nitrogen and oxygen atoms in total. The Balaban J connectivity index is 0.000000214. The van der Waals surface area contributed by atoms with Crippen LogP contribution < -0.4 is 89.4 Å². The average molecular weight is 830 g/mol. The first-order chi connectivity index (χ1) is 26.5. The molecule has 0 radical (unpaired) electrons. The van der Waals surface area contributed by atoms with Gasteiger partial charge in [0.2, 0.25) is 0 Å². The molecule has 24 heteroatoms. The van der Waals surface area contributed by atoms with E-state index in [9.17, 15) is 49.5 Å². The molecule has 304 valence electrons. The molecule has 8 rings (SSSR count). The van der Waals surface area contributed by atoms with Crippen LogP contribution in [0.1, 0.15) is 44.7 Å². The van der Waals surface area contributed by atoms with Gasteiger partial charge in [-0.3, -0.25) is 9.80 Å². The van der Waals surface area contributed by atoms with E-state index >= 15 is 0 Å². The van der Waals surface area contributed by atoms with Crippen LogP contribution in [0.3, 0.4) is 0 Å². The normalized spacial score (nSPS) is 23.4. The molecule has 0 spiro atoms. The maximum absolute atomic E-state index is 11.8. The maximum Gasteiger partial charge on any atom is 1.00 e. The van der Waals surface area contributed by atoms with Gasteiger partial charge in [-0.25, -0.2) is 19.2 Å². The molecule has 10 N–H and O–H groups in total. The van der Waals surface area contributed by atoms with E-state index in [1.807, 2.05) is 0 Å². The van der Waals surface area contributed by atoms with Crippen molar-refractivity contribution in [2.45, 2.75) is 62.6 Å². The third-order valence-electron chi connectivity index (χ3n) is 11.3. The fraction of sp³-hybridized carbons (Fsp3) is 0.529. The van der Waals surface area contributed by atoms with Crippen molar-refractivity contribution in [2.75, 3.05) is 52.4 Å². The van der Waals surface area contributed by atoms with E-state index in [0.29, 0.717) is 76.3 Å². The van der Waals surface area contributed by atoms with Crippen LogP contribution in [0, 0.1) is 0 Å². The molecule has 0 aromatic heterocycles. The zero-order valence-corrected chi connectivity index (χ0v) is 36.6. The van der Waals surface area contributed by atoms with Crippen molar-refractivity contribution in [1.29, 1.82) is 0 Å². The van der Waals surface area contributed by atoms with Crippen molar-refractivity contribution in [3.63, 3.8) is 0 Å². The van der Waals surface area contributed by atoms with Gasteiger partial charge in [0.1, 0.15) is 34.8 Å². The molecule has 2 aromatic carbocycles. The van der Waals surface area contributed by atoms with Crippen LogP contribution in [-0.2, 0) is 12.8 Å². The number of nitrogens with two attached hydrogens (primary N) is 2. The predicted molar refractivity (Wildman–Crippen MR) is 197 cm³/mol. The molecule has 6 aliphatic rings. The Morgan fingerprint density at radius 2 is 0.983 bits per heavy atom. The molecule has 0 saturated carbocycles. The first-order valence-corrected chi connectivity index (χ1v) is 18.7. The van der Waals surface area contributed by atoms with Gasteiger partial charge < -0.3 is 70.4 Å². The number of aromatic carboxylic acids is 2. The molecule has 0 bridgehead atoms. The Kier molecular flexibility index (Phi) is 14.6. The topological polar surface area (TPSA) is 292 Å². The number of aryl methyl sites for hydroxylation is 2. The number of carbonyl (C=O) groups is 4. The first-order valence-electron chi connectivity index (χ1n) is 18.7. The summed E-state index contributed by atoms with van der Waals surface area (Å²) < 4.78 is 22.1. The Labute approximate surface area is 377 Å². The summed E-state index contributed by atoms with van der Waals surface area (Å²) in [7, 11) is 0. The number of nitrogens with zero attached hydrogens (tertiary/aromatic N) is 4. The number of hydrogen-bond donors (Lipinski definition) is 8. The van der Waals surface area contributed by atoms with Gasteiger partial charge in [0.15, 0.2) is 0 Å². The molecule has 2 aromatic rings. The molecule has 6 aliphatic heterocycles. The molecule has 4 saturated heterocycles. The van der Waals surface area contributed by atoms with Crippen molar-refractivity contribution in [3.8, 4) is 23.0 Å². The van der Waals surface area contributed by atoms with Crippen molar-refractivity contribution in [1.82, 2.24) is 19.6 Å². The van der Waals surface area contributed by atoms with Gasteiger partial charge in [-0.15, -0.1) is 0 Å². The van der Waals surface area contributed by atoms with Gasteiger partial charge in [0.25, 0.3) is 0 Å². The van der Waals surface area contributed by atoms with E-state index in [-0.39, 0.29) is 130 Å². The summed E-state index contributed by atoms with van der Waals surface area (Å²) in [6.07, 6.45) is 1.98. The molecular weight excluding hydrogens is 784 g/mol. The maximum atomic E-state index is 11.8. The first kappa shape index (κ1) is 46.1. The van der Waals surface area contributed by atoms with Crippen molar-refractivity contribution >= 4 is 37.5 Å². The van der Waals surface area contributed by atoms with Gasteiger partial charge in [-0.05, 0) is 48.9 Å². The predicted octanol–water partition coefficient (Wildman–Crippen LogP) is -7.07. The number of benzene rings is 2. The second-order valence-corrected chi connectivity index (χ2v) is 15.3. The van der Waals surface area contributed by atoms with E-state index in [2.05, 4.69) is 9.80 Å². The number of likely N-dealkylation sites (tertiary alicyclic amines) is 4. The zero-order chi connectivity index (χ0) is 40.1. The number of carbonyl (C=O) groups excluding carboxylic acids is 2. The Hall–Kier alpha value is -2.99. The smallest absolute Gasteiger partial charge is 0.669 e. The number of fused-ring (bicyclic) bond motifs is 2. The van der Waals surface area contributed by atoms with E-state index < -0.39 is 37.5 Å². The van der Waals surface area contributed by atoms with Gasteiger partial charge >= 0.3 is 96.6 Å². The van der Waals surface area contributed by atoms with Crippen LogP contribution >= 0.6 is 0 Å². The molecule has 2 atom stereocenters. The van der Waals surface area contributed by atoms with Gasteiger partial charge in [-0.1, -0.05) is 24.8 Å². The quantitative estimate of drug-likeness (QED) is 0.115. The number of amides is 4. The summed E-state index contributed by atoms with van der Waals surface area (Å²) in [6, 6.07) is 6.19. The Morgan fingerprint density at radius 1 is 0.621 bits per heavy atom. The van der Waals surface area contributed by atoms with Crippen molar-refractivity contribution < 1.29 is 127 Å². The minimum absolute atomic E-state index is 0. The summed E-state index contributed by atoms with van der Waals surface area (Å²) in [5.41, 5.74) is 11.5. The largest absolute Gasteiger partial charge is 1.00 e. The SMILES string of the molecule is NC(=O)N1CC[C@H](N2CC(Oc3ccc4c(c3C(=O)O)O[B-](O)(O)CC4)C2)C1.NC(=O)N1CC[C@H](N2CC(Oc3ccc4c(c3C(=O)O)O[B-](O)(O)CC4)C2)C1.[Na+].[Na+]. The fourth-order valence-corrected chi connectivity index (χ4v) is 8.19. The van der Waals surface area contributed by atoms with Crippen LogP contribution in [0.2, 0.25) is 12.6 Å². The summed E-state index contributed by atoms with van der Waals surface area (Å²) in [4.78, 5) is 53.7. The molecule has 0 unspecified atom stereocenters. The number of carboxylic acids is 2. The number of hydrogen-bond acceptors (Lipinski definition) is 14. The van der Waals surface area contributed by atoms with Crippen LogP contribution in [0.15, 0.2) is 24.3 Å². The molecule has 6 heterocycles. The van der Waals surface area contributed by atoms with Crippen molar-refractivity contribution in [3.05, 3.63) is 46.5 Å². The zero-order valence-electron chi connectivity index (χ0n) is 32.6. The number of primary amides is 2. The van der Waals surface area contributed by atoms with Crippen LogP contribution in [-0.4, -0.2) is 164 Å². The molecule has 4 amide bonds. The molecular formula is C34H46B2N6Na2O14. The summed E-state index contributed by atoms with van der Waals surface area (Å²) in [6.45, 7) is -1.22. The summed E-state index contributed by atoms with van der Waals surface area (Å²) in [5.74, 6) is -2.27. The summed E-state index contributed by atoms with van der Waals surface area (Å²) >= 11 is 0. The van der Waals surface area contributed by atoms with Crippen LogP contribution in [0.25, 0.3) is 0 Å². The van der Waals surface area contributed by atoms with E-state index in [1.54, 1.807) is 34.1 Å². The third-order valence-corrected chi connectivity index (χ3v) is 11.3. The standard InChI is InChI=1S/2C17H23BN3O7.2Na/c2*19-17(24)20-6-4-11(7-20)21-8-12(9-21)27-13-2-1-10-3-5-18(25,26)28-15(10)14(13)16(22)23;;/h2*1-2,11-12,25-26H,3-9H2,(H2,19,24)(H,22,23);;/q2*-1;2*+1/t2*11-;;/m00../s1. The van der Waals surface area contributed by atoms with E-state index in [1.165, 1.54) is 0 Å². The van der Waals surface area contributed by atoms with Crippen molar-refractivity contribution in [2.24, 2.45) is 11.5 Å². The molecule has 0 aliphatic carbocycles. The van der Waals surface area contributed by atoms with Gasteiger partial charge in [0.05, 0.1) is 11.5 Å². The fourth-order valence-electron chi connectivity index (χ4n) is 8.19. The van der Waals surface area contributed by atoms with E-state index in [0.717, 1.165) is 12.8 Å². The molecule has 58 heavy (non-hydrogen) atoms. The van der Waals surface area contributed by atoms with Gasteiger partial charge in [-0.2, -0.15) is 0 Å². The number of ether oxygens (including phenoxy) is 2. The minimum Gasteiger partial charge on any atom is -0.669 e. The van der Waals surface area contributed by atoms with Crippen LogP contribution in [0.4, 0.5) is 9.59 Å². The monoisotopic (exact) mass is 830 g/mol. The Bertz CT molecular complexity index is 1770. The number of carboxylic acid groups (broad SMARTS) is 2. The Morgan fingerprint density at radius 3 is 1.29 bits per heavy atom. The van der Waals surface area contributed by atoms with Gasteiger partial charge in [0, 0.05) is 64.4 Å². The third kappa shape index (κ3) is 10.1. The number of urea groups is 2. The molecule has 4 fully saturated rings. The van der Waals surface area contributed by atoms with Crippen LogP contribution in [0.5, 0.6) is 23.0 Å². The minimum atomic E-state index is -3.07. The average Bonchev–Trinajstić information content (AvgIpc) is 3.77. The summed E-state index contributed by atoms with van der Waals surface area (Å²) in [5, 5.41) is 58.4. The second kappa shape index (κ2) is 18.3. The second-order valence-electron chi connectivity index (χ2n) is 15.3. The van der Waals surface area contributed by atoms with E-state index in [4.69, 9.17) is 30.2 Å².